The first-order chi connectivity index (χ1) is 14.6. The minimum absolute atomic E-state index is 0.132. The van der Waals surface area contributed by atoms with Crippen molar-refractivity contribution < 1.29 is 9.53 Å². The van der Waals surface area contributed by atoms with E-state index >= 15 is 0 Å². The van der Waals surface area contributed by atoms with E-state index in [2.05, 4.69) is 22.4 Å². The van der Waals surface area contributed by atoms with Gasteiger partial charge in [-0.25, -0.2) is 10.4 Å². The van der Waals surface area contributed by atoms with Crippen molar-refractivity contribution in [1.82, 2.24) is 15.0 Å². The molecular formula is C22H24N4O3S. The van der Waals surface area contributed by atoms with Crippen LogP contribution in [0.2, 0.25) is 0 Å². The molecule has 2 aromatic heterocycles. The third-order valence-corrected chi connectivity index (χ3v) is 6.37. The number of benzene rings is 1. The van der Waals surface area contributed by atoms with Crippen molar-refractivity contribution in [1.29, 1.82) is 0 Å². The van der Waals surface area contributed by atoms with Crippen LogP contribution >= 0.6 is 11.3 Å². The Morgan fingerprint density at radius 3 is 3.10 bits per heavy atom. The maximum absolute atomic E-state index is 13.0. The fourth-order valence-electron chi connectivity index (χ4n) is 3.72. The number of amides is 1. The second-order valence-electron chi connectivity index (χ2n) is 7.47. The van der Waals surface area contributed by atoms with Crippen LogP contribution in [0.15, 0.2) is 40.5 Å². The molecule has 1 unspecified atom stereocenters. The molecular weight excluding hydrogens is 400 g/mol. The number of carbonyl (C=O) groups excluding carboxylic acids is 1. The Morgan fingerprint density at radius 1 is 1.43 bits per heavy atom. The Bertz CT molecular complexity index is 1160. The number of hydrazone groups is 1. The average Bonchev–Trinajstić information content (AvgIpc) is 3.10. The van der Waals surface area contributed by atoms with Gasteiger partial charge in [0.05, 0.1) is 24.5 Å². The number of hydrogen-bond donors (Lipinski definition) is 1. The van der Waals surface area contributed by atoms with E-state index in [1.54, 1.807) is 11.3 Å². The van der Waals surface area contributed by atoms with Gasteiger partial charge in [-0.15, -0.1) is 11.3 Å². The van der Waals surface area contributed by atoms with E-state index in [0.29, 0.717) is 23.7 Å². The first kappa shape index (κ1) is 20.3. The smallest absolute Gasteiger partial charge is 0.262 e. The van der Waals surface area contributed by atoms with Gasteiger partial charge >= 0.3 is 0 Å². The van der Waals surface area contributed by atoms with E-state index in [9.17, 15) is 9.59 Å². The lowest BCUT2D eigenvalue weighted by atomic mass is 9.89. The van der Waals surface area contributed by atoms with Gasteiger partial charge in [0.15, 0.2) is 0 Å². The summed E-state index contributed by atoms with van der Waals surface area (Å²) in [6.45, 7) is 4.55. The molecule has 0 fully saturated rings. The number of thiophene rings is 1. The Hall–Kier alpha value is -3.00. The molecule has 8 heteroatoms. The van der Waals surface area contributed by atoms with Crippen molar-refractivity contribution in [3.63, 3.8) is 0 Å². The van der Waals surface area contributed by atoms with Crippen molar-refractivity contribution in [3.05, 3.63) is 57.0 Å². The molecule has 2 heterocycles. The fraction of sp³-hybridized carbons (Fsp3) is 0.364. The van der Waals surface area contributed by atoms with E-state index in [1.165, 1.54) is 22.0 Å². The molecule has 3 aromatic rings. The van der Waals surface area contributed by atoms with E-state index in [4.69, 9.17) is 4.74 Å². The summed E-state index contributed by atoms with van der Waals surface area (Å²) in [7, 11) is 0. The van der Waals surface area contributed by atoms with Crippen molar-refractivity contribution in [2.45, 2.75) is 39.7 Å². The van der Waals surface area contributed by atoms with Crippen LogP contribution in [0, 0.1) is 5.92 Å². The number of fused-ring (bicyclic) bond motifs is 3. The fourth-order valence-corrected chi connectivity index (χ4v) is 5.06. The van der Waals surface area contributed by atoms with E-state index in [-0.39, 0.29) is 18.0 Å². The third-order valence-electron chi connectivity index (χ3n) is 5.21. The van der Waals surface area contributed by atoms with Gasteiger partial charge in [0.25, 0.3) is 11.5 Å². The molecule has 4 rings (SSSR count). The lowest BCUT2D eigenvalue weighted by Crippen LogP contribution is -2.30. The third kappa shape index (κ3) is 4.14. The van der Waals surface area contributed by atoms with Crippen LogP contribution in [-0.2, 0) is 24.2 Å². The van der Waals surface area contributed by atoms with E-state index in [0.717, 1.165) is 35.2 Å². The lowest BCUT2D eigenvalue weighted by molar-refractivity contribution is -0.121. The van der Waals surface area contributed by atoms with Gasteiger partial charge in [-0.3, -0.25) is 14.2 Å². The number of para-hydroxylation sites is 1. The Balaban J connectivity index is 1.49. The molecule has 1 aliphatic rings. The van der Waals surface area contributed by atoms with Gasteiger partial charge in [-0.1, -0.05) is 19.1 Å². The summed E-state index contributed by atoms with van der Waals surface area (Å²) in [5.41, 5.74) is 4.20. The molecule has 0 aliphatic heterocycles. The second-order valence-corrected chi connectivity index (χ2v) is 8.56. The number of nitrogens with one attached hydrogen (secondary N) is 1. The highest BCUT2D eigenvalue weighted by atomic mass is 32.1. The molecule has 0 radical (unpaired) electrons. The molecule has 1 atom stereocenters. The molecule has 1 N–H and O–H groups in total. The Morgan fingerprint density at radius 2 is 2.27 bits per heavy atom. The van der Waals surface area contributed by atoms with Crippen LogP contribution in [-0.4, -0.2) is 28.3 Å². The van der Waals surface area contributed by atoms with Crippen molar-refractivity contribution in [2.24, 2.45) is 11.0 Å². The highest BCUT2D eigenvalue weighted by Crippen LogP contribution is 2.35. The maximum Gasteiger partial charge on any atom is 0.262 e. The summed E-state index contributed by atoms with van der Waals surface area (Å²) >= 11 is 1.60. The van der Waals surface area contributed by atoms with E-state index < -0.39 is 0 Å². The summed E-state index contributed by atoms with van der Waals surface area (Å²) in [6.07, 6.45) is 5.94. The number of aryl methyl sites for hydroxylation is 1. The second kappa shape index (κ2) is 8.79. The molecule has 7 nitrogen and oxygen atoms in total. The number of nitrogens with zero attached hydrogens (tertiary/aromatic N) is 3. The predicted molar refractivity (Wildman–Crippen MR) is 118 cm³/mol. The van der Waals surface area contributed by atoms with Gasteiger partial charge in [0.1, 0.15) is 17.1 Å². The molecule has 30 heavy (non-hydrogen) atoms. The maximum atomic E-state index is 13.0. The first-order valence-corrected chi connectivity index (χ1v) is 10.9. The summed E-state index contributed by atoms with van der Waals surface area (Å²) in [4.78, 5) is 31.8. The summed E-state index contributed by atoms with van der Waals surface area (Å²) in [5.74, 6) is 0.936. The van der Waals surface area contributed by atoms with Gasteiger partial charge in [-0.05, 0) is 49.8 Å². The molecule has 0 bridgehead atoms. The van der Waals surface area contributed by atoms with Gasteiger partial charge in [-0.2, -0.15) is 5.10 Å². The molecule has 0 saturated heterocycles. The molecule has 1 aromatic carbocycles. The van der Waals surface area contributed by atoms with E-state index in [1.807, 2.05) is 31.2 Å². The number of rotatable bonds is 6. The first-order valence-electron chi connectivity index (χ1n) is 10.1. The zero-order chi connectivity index (χ0) is 21.1. The largest absolute Gasteiger partial charge is 0.493 e. The minimum atomic E-state index is -0.388. The zero-order valence-electron chi connectivity index (χ0n) is 17.1. The Kier molecular flexibility index (Phi) is 5.94. The molecule has 0 saturated carbocycles. The molecule has 1 amide bonds. The summed E-state index contributed by atoms with van der Waals surface area (Å²) < 4.78 is 6.89. The number of hydrogen-bond acceptors (Lipinski definition) is 6. The monoisotopic (exact) mass is 424 g/mol. The SMILES string of the molecule is CCOc1ccccc1C=NNC(=O)Cn1cnc2sc3c(c2c1=O)CCC(C)C3. The quantitative estimate of drug-likeness (QED) is 0.487. The lowest BCUT2D eigenvalue weighted by Gasteiger charge is -2.17. The van der Waals surface area contributed by atoms with Gasteiger partial charge < -0.3 is 4.74 Å². The van der Waals surface area contributed by atoms with Crippen molar-refractivity contribution in [2.75, 3.05) is 6.61 Å². The summed E-state index contributed by atoms with van der Waals surface area (Å²) in [5, 5.41) is 4.68. The van der Waals surface area contributed by atoms with Gasteiger partial charge in [0, 0.05) is 10.4 Å². The summed E-state index contributed by atoms with van der Waals surface area (Å²) in [6, 6.07) is 7.44. The van der Waals surface area contributed by atoms with Crippen LogP contribution in [0.25, 0.3) is 10.2 Å². The Labute approximate surface area is 178 Å². The van der Waals surface area contributed by atoms with Crippen LogP contribution in [0.5, 0.6) is 5.75 Å². The van der Waals surface area contributed by atoms with Crippen molar-refractivity contribution in [3.8, 4) is 5.75 Å². The van der Waals surface area contributed by atoms with Crippen LogP contribution in [0.4, 0.5) is 0 Å². The molecule has 0 spiro atoms. The minimum Gasteiger partial charge on any atom is -0.493 e. The van der Waals surface area contributed by atoms with Crippen LogP contribution < -0.4 is 15.7 Å². The predicted octanol–water partition coefficient (Wildman–Crippen LogP) is 3.13. The highest BCUT2D eigenvalue weighted by molar-refractivity contribution is 7.18. The topological polar surface area (TPSA) is 85.6 Å². The zero-order valence-corrected chi connectivity index (χ0v) is 17.9. The van der Waals surface area contributed by atoms with Crippen LogP contribution in [0.1, 0.15) is 36.3 Å². The van der Waals surface area contributed by atoms with Gasteiger partial charge in [0.2, 0.25) is 0 Å². The highest BCUT2D eigenvalue weighted by Gasteiger charge is 2.23. The van der Waals surface area contributed by atoms with Crippen LogP contribution in [0.3, 0.4) is 0 Å². The average molecular weight is 425 g/mol. The molecule has 156 valence electrons. The number of aromatic nitrogens is 2. The number of carbonyl (C=O) groups is 1. The molecule has 1 aliphatic carbocycles. The number of ether oxygens (including phenoxy) is 1. The standard InChI is InChI=1S/C22H24N4O3S/c1-3-29-17-7-5-4-6-15(17)11-24-25-19(27)12-26-13-23-21-20(22(26)28)16-9-8-14(2)10-18(16)30-21/h4-7,11,13-14H,3,8-10,12H2,1-2H3,(H,25,27). The normalized spacial score (nSPS) is 16.0. The van der Waals surface area contributed by atoms with Crippen molar-refractivity contribution >= 4 is 33.7 Å².